The minimum absolute atomic E-state index is 0.00190. The third-order valence-electron chi connectivity index (χ3n) is 4.15. The van der Waals surface area contributed by atoms with Crippen LogP contribution in [0.1, 0.15) is 12.0 Å². The Morgan fingerprint density at radius 2 is 2.05 bits per heavy atom. The number of amides is 1. The Balaban J connectivity index is 1.41. The molecule has 4 rings (SSSR count). The van der Waals surface area contributed by atoms with Gasteiger partial charge in [-0.15, -0.1) is 0 Å². The largest absolute Gasteiger partial charge is 0.352 e. The number of carbonyl (C=O) groups excluding carboxylic acids is 1. The van der Waals surface area contributed by atoms with Crippen LogP contribution in [0.4, 0.5) is 0 Å². The standard InChI is InChI=1S/C18H14ClNO/c19-17-4-2-1-3-11(17)7-8-20-18(21)14-6-5-13-15-9-12(15)10-16(13)14/h1-6,10H,7-9H2,(H,20,21). The second-order valence-electron chi connectivity index (χ2n) is 5.50. The topological polar surface area (TPSA) is 29.1 Å². The molecule has 0 radical (unpaired) electrons. The van der Waals surface area contributed by atoms with Crippen LogP contribution in [0.3, 0.4) is 0 Å². The van der Waals surface area contributed by atoms with Crippen molar-refractivity contribution < 1.29 is 4.79 Å². The molecule has 1 aromatic rings. The summed E-state index contributed by atoms with van der Waals surface area (Å²) >= 11 is 6.11. The van der Waals surface area contributed by atoms with E-state index in [1.807, 2.05) is 30.3 Å². The van der Waals surface area contributed by atoms with Crippen molar-refractivity contribution in [1.29, 1.82) is 0 Å². The fraction of sp³-hybridized carbons (Fsp3) is 0.167. The van der Waals surface area contributed by atoms with Crippen LogP contribution < -0.4 is 5.32 Å². The van der Waals surface area contributed by atoms with E-state index in [0.717, 1.165) is 34.6 Å². The first-order chi connectivity index (χ1) is 10.2. The highest BCUT2D eigenvalue weighted by Crippen LogP contribution is 2.51. The molecular weight excluding hydrogens is 282 g/mol. The zero-order chi connectivity index (χ0) is 14.4. The van der Waals surface area contributed by atoms with Crippen LogP contribution in [0.25, 0.3) is 0 Å². The summed E-state index contributed by atoms with van der Waals surface area (Å²) in [6, 6.07) is 7.73. The lowest BCUT2D eigenvalue weighted by molar-refractivity contribution is -0.117. The lowest BCUT2D eigenvalue weighted by Gasteiger charge is -2.07. The van der Waals surface area contributed by atoms with Gasteiger partial charge < -0.3 is 5.32 Å². The maximum atomic E-state index is 12.3. The van der Waals surface area contributed by atoms with E-state index in [9.17, 15) is 4.79 Å². The molecule has 1 N–H and O–H groups in total. The zero-order valence-corrected chi connectivity index (χ0v) is 12.2. The van der Waals surface area contributed by atoms with E-state index in [1.165, 1.54) is 16.7 Å². The van der Waals surface area contributed by atoms with Gasteiger partial charge in [0.25, 0.3) is 5.91 Å². The van der Waals surface area contributed by atoms with Crippen molar-refractivity contribution in [2.75, 3.05) is 6.54 Å². The van der Waals surface area contributed by atoms with Crippen molar-refractivity contribution in [3.8, 4) is 0 Å². The van der Waals surface area contributed by atoms with Crippen LogP contribution in [-0.2, 0) is 11.2 Å². The molecule has 0 saturated heterocycles. The molecule has 1 saturated carbocycles. The smallest absolute Gasteiger partial charge is 0.251 e. The van der Waals surface area contributed by atoms with Gasteiger partial charge in [0.1, 0.15) is 0 Å². The van der Waals surface area contributed by atoms with E-state index in [-0.39, 0.29) is 5.91 Å². The van der Waals surface area contributed by atoms with Crippen LogP contribution in [-0.4, -0.2) is 12.5 Å². The molecule has 1 amide bonds. The number of hydrogen-bond acceptors (Lipinski definition) is 1. The van der Waals surface area contributed by atoms with Crippen molar-refractivity contribution >= 4 is 17.5 Å². The summed E-state index contributed by atoms with van der Waals surface area (Å²) in [5.41, 5.74) is 7.01. The Hall–Kier alpha value is -2.06. The van der Waals surface area contributed by atoms with E-state index in [2.05, 4.69) is 17.5 Å². The molecule has 0 unspecified atom stereocenters. The summed E-state index contributed by atoms with van der Waals surface area (Å²) in [7, 11) is 0. The molecule has 0 bridgehead atoms. The molecule has 1 fully saturated rings. The minimum Gasteiger partial charge on any atom is -0.352 e. The first-order valence-electron chi connectivity index (χ1n) is 7.12. The average molecular weight is 296 g/mol. The van der Waals surface area contributed by atoms with E-state index in [4.69, 9.17) is 11.6 Å². The molecule has 0 aliphatic heterocycles. The van der Waals surface area contributed by atoms with Gasteiger partial charge in [-0.05, 0) is 58.9 Å². The van der Waals surface area contributed by atoms with E-state index >= 15 is 0 Å². The molecule has 1 aromatic carbocycles. The van der Waals surface area contributed by atoms with E-state index < -0.39 is 0 Å². The van der Waals surface area contributed by atoms with Gasteiger partial charge in [-0.25, -0.2) is 0 Å². The van der Waals surface area contributed by atoms with Crippen LogP contribution >= 0.6 is 11.6 Å². The molecule has 104 valence electrons. The molecule has 0 aromatic heterocycles. The minimum atomic E-state index is 0.00190. The number of fused-ring (bicyclic) bond motifs is 2. The first kappa shape index (κ1) is 12.7. The maximum absolute atomic E-state index is 12.3. The van der Waals surface area contributed by atoms with Crippen molar-refractivity contribution in [2.24, 2.45) is 0 Å². The Labute approximate surface area is 128 Å². The molecule has 2 nitrogen and oxygen atoms in total. The average Bonchev–Trinajstić information content (AvgIpc) is 2.96. The molecule has 0 heterocycles. The Morgan fingerprint density at radius 3 is 2.90 bits per heavy atom. The van der Waals surface area contributed by atoms with Gasteiger partial charge in [0.15, 0.2) is 0 Å². The lowest BCUT2D eigenvalue weighted by Crippen LogP contribution is -2.26. The molecule has 0 atom stereocenters. The van der Waals surface area contributed by atoms with Crippen molar-refractivity contribution in [2.45, 2.75) is 12.8 Å². The fourth-order valence-corrected chi connectivity index (χ4v) is 3.17. The summed E-state index contributed by atoms with van der Waals surface area (Å²) in [6.45, 7) is 0.593. The molecule has 3 aliphatic carbocycles. The summed E-state index contributed by atoms with van der Waals surface area (Å²) in [5.74, 6) is 0.00190. The maximum Gasteiger partial charge on any atom is 0.251 e. The monoisotopic (exact) mass is 295 g/mol. The number of rotatable bonds is 4. The summed E-state index contributed by atoms with van der Waals surface area (Å²) in [6.07, 6.45) is 7.98. The van der Waals surface area contributed by atoms with Gasteiger partial charge in [-0.2, -0.15) is 0 Å². The highest BCUT2D eigenvalue weighted by molar-refractivity contribution is 6.31. The highest BCUT2D eigenvalue weighted by Gasteiger charge is 2.35. The quantitative estimate of drug-likeness (QED) is 0.905. The Bertz CT molecular complexity index is 780. The summed E-state index contributed by atoms with van der Waals surface area (Å²) in [5, 5.41) is 3.74. The van der Waals surface area contributed by atoms with Gasteiger partial charge in [0, 0.05) is 17.1 Å². The lowest BCUT2D eigenvalue weighted by atomic mass is 10.1. The normalized spacial score (nSPS) is 17.9. The summed E-state index contributed by atoms with van der Waals surface area (Å²) in [4.78, 5) is 12.3. The Kier molecular flexibility index (Phi) is 2.86. The van der Waals surface area contributed by atoms with E-state index in [1.54, 1.807) is 0 Å². The molecular formula is C18H14ClNO. The van der Waals surface area contributed by atoms with Crippen molar-refractivity contribution in [1.82, 2.24) is 5.32 Å². The van der Waals surface area contributed by atoms with Gasteiger partial charge in [0.2, 0.25) is 0 Å². The van der Waals surface area contributed by atoms with Crippen LogP contribution in [0.5, 0.6) is 0 Å². The number of carbonyl (C=O) groups is 1. The second kappa shape index (κ2) is 4.74. The molecule has 0 spiro atoms. The SMILES string of the molecule is O=C(NCCc1ccccc1Cl)C1=C2C=C3CC3=C2C=C1. The predicted octanol–water partition coefficient (Wildman–Crippen LogP) is 3.51. The molecule has 21 heavy (non-hydrogen) atoms. The van der Waals surface area contributed by atoms with Crippen molar-refractivity contribution in [3.05, 3.63) is 80.9 Å². The number of allylic oxidation sites excluding steroid dienone is 6. The molecule has 3 aliphatic rings. The first-order valence-corrected chi connectivity index (χ1v) is 7.50. The van der Waals surface area contributed by atoms with Gasteiger partial charge >= 0.3 is 0 Å². The van der Waals surface area contributed by atoms with Gasteiger partial charge in [-0.3, -0.25) is 4.79 Å². The molecule has 3 heteroatoms. The highest BCUT2D eigenvalue weighted by atomic mass is 35.5. The number of halogens is 1. The van der Waals surface area contributed by atoms with Gasteiger partial charge in [-0.1, -0.05) is 35.9 Å². The third kappa shape index (κ3) is 2.16. The van der Waals surface area contributed by atoms with E-state index in [0.29, 0.717) is 6.54 Å². The summed E-state index contributed by atoms with van der Waals surface area (Å²) < 4.78 is 0. The predicted molar refractivity (Wildman–Crippen MR) is 84.1 cm³/mol. The number of benzene rings is 1. The number of hydrogen-bond donors (Lipinski definition) is 1. The van der Waals surface area contributed by atoms with Crippen molar-refractivity contribution in [3.63, 3.8) is 0 Å². The third-order valence-corrected chi connectivity index (χ3v) is 4.52. The van der Waals surface area contributed by atoms with Crippen LogP contribution in [0.2, 0.25) is 5.02 Å². The number of nitrogens with one attached hydrogen (secondary N) is 1. The fourth-order valence-electron chi connectivity index (χ4n) is 2.94. The van der Waals surface area contributed by atoms with Gasteiger partial charge in [0.05, 0.1) is 0 Å². The van der Waals surface area contributed by atoms with Crippen LogP contribution in [0.15, 0.2) is 70.4 Å². The Morgan fingerprint density at radius 1 is 1.19 bits per heavy atom. The van der Waals surface area contributed by atoms with Crippen LogP contribution in [0, 0.1) is 0 Å². The second-order valence-corrected chi connectivity index (χ2v) is 5.90. The zero-order valence-electron chi connectivity index (χ0n) is 11.4.